The Bertz CT molecular complexity index is 532. The highest BCUT2D eigenvalue weighted by Crippen LogP contribution is 2.32. The SMILES string of the molecule is CC.CC.CC.CCC.CCC.Cc1ccc(-c2cnc[nH]2)c2c1CCCC2.[HH]. The Labute approximate surface area is 179 Å². The summed E-state index contributed by atoms with van der Waals surface area (Å²) in [6, 6.07) is 4.47. The van der Waals surface area contributed by atoms with Gasteiger partial charge in [0, 0.05) is 6.99 Å². The maximum atomic E-state index is 4.11. The monoisotopic (exact) mass is 392 g/mol. The molecule has 1 N–H and O–H groups in total. The molecule has 0 unspecified atom stereocenters. The number of hydrogen-bond donors (Lipinski definition) is 1. The summed E-state index contributed by atoms with van der Waals surface area (Å²) in [6.07, 6.45) is 11.3. The fourth-order valence-corrected chi connectivity index (χ4v) is 2.70. The molecule has 2 aromatic rings. The molecule has 1 aromatic heterocycles. The zero-order valence-corrected chi connectivity index (χ0v) is 21.0. The van der Waals surface area contributed by atoms with Gasteiger partial charge in [-0.1, -0.05) is 94.2 Å². The average molecular weight is 393 g/mol. The van der Waals surface area contributed by atoms with Gasteiger partial charge in [-0.15, -0.1) is 0 Å². The lowest BCUT2D eigenvalue weighted by Gasteiger charge is -2.21. The van der Waals surface area contributed by atoms with Crippen molar-refractivity contribution < 1.29 is 1.43 Å². The first-order valence-electron chi connectivity index (χ1n) is 11.8. The summed E-state index contributed by atoms with van der Waals surface area (Å²) in [5, 5.41) is 0. The minimum Gasteiger partial charge on any atom is -0.345 e. The molecule has 0 amide bonds. The molecule has 1 aliphatic carbocycles. The van der Waals surface area contributed by atoms with Gasteiger partial charge in [0.05, 0.1) is 18.2 Å². The Hall–Kier alpha value is -1.57. The van der Waals surface area contributed by atoms with Crippen molar-refractivity contribution in [1.29, 1.82) is 0 Å². The standard InChI is InChI=1S/C14H16N2.2C3H8.3C2H6.H2/c1-10-6-7-13(14-8-15-9-16-14)12-5-3-2-4-11(10)12;2*1-3-2;3*1-2;/h6-9H,2-5H2,1H3,(H,15,16);2*3H2,1-2H3;3*1-2H3;1H. The highest BCUT2D eigenvalue weighted by Gasteiger charge is 2.16. The van der Waals surface area contributed by atoms with Crippen LogP contribution >= 0.6 is 0 Å². The summed E-state index contributed by atoms with van der Waals surface area (Å²) in [5.41, 5.74) is 7.04. The van der Waals surface area contributed by atoms with Gasteiger partial charge in [0.25, 0.3) is 0 Å². The molecule has 0 bridgehead atoms. The van der Waals surface area contributed by atoms with E-state index in [1.807, 2.05) is 47.7 Å². The molecule has 0 radical (unpaired) electrons. The molecule has 2 heteroatoms. The fraction of sp³-hybridized carbons (Fsp3) is 0.654. The van der Waals surface area contributed by atoms with Crippen molar-refractivity contribution in [3.05, 3.63) is 41.3 Å². The lowest BCUT2D eigenvalue weighted by Crippen LogP contribution is -2.06. The molecule has 3 rings (SSSR count). The largest absolute Gasteiger partial charge is 0.345 e. The van der Waals surface area contributed by atoms with Crippen molar-refractivity contribution in [3.8, 4) is 11.3 Å². The molecule has 0 atom stereocenters. The molecule has 2 nitrogen and oxygen atoms in total. The Morgan fingerprint density at radius 1 is 0.821 bits per heavy atom. The van der Waals surface area contributed by atoms with Gasteiger partial charge in [-0.05, 0) is 49.3 Å². The number of fused-ring (bicyclic) bond motifs is 1. The molecule has 28 heavy (non-hydrogen) atoms. The molecule has 1 aromatic carbocycles. The molecule has 1 heterocycles. The second kappa shape index (κ2) is 23.5. The van der Waals surface area contributed by atoms with E-state index < -0.39 is 0 Å². The van der Waals surface area contributed by atoms with E-state index in [0.29, 0.717) is 0 Å². The summed E-state index contributed by atoms with van der Waals surface area (Å²) in [5.74, 6) is 0. The van der Waals surface area contributed by atoms with Gasteiger partial charge in [-0.25, -0.2) is 4.98 Å². The van der Waals surface area contributed by atoms with E-state index in [2.05, 4.69) is 56.7 Å². The van der Waals surface area contributed by atoms with Crippen LogP contribution in [0, 0.1) is 6.92 Å². The van der Waals surface area contributed by atoms with Crippen LogP contribution < -0.4 is 0 Å². The van der Waals surface area contributed by atoms with Gasteiger partial charge >= 0.3 is 0 Å². The predicted molar refractivity (Wildman–Crippen MR) is 133 cm³/mol. The summed E-state index contributed by atoms with van der Waals surface area (Å²) < 4.78 is 0. The maximum absolute atomic E-state index is 4.11. The van der Waals surface area contributed by atoms with Crippen LogP contribution in [0.25, 0.3) is 11.3 Å². The third-order valence-corrected chi connectivity index (χ3v) is 3.56. The number of aromatic nitrogens is 2. The van der Waals surface area contributed by atoms with Crippen molar-refractivity contribution in [1.82, 2.24) is 9.97 Å². The van der Waals surface area contributed by atoms with Gasteiger partial charge < -0.3 is 4.98 Å². The molecule has 0 spiro atoms. The first-order chi connectivity index (χ1) is 13.7. The number of nitrogens with one attached hydrogen (secondary N) is 1. The quantitative estimate of drug-likeness (QED) is 0.514. The summed E-state index contributed by atoms with van der Waals surface area (Å²) in [4.78, 5) is 7.33. The van der Waals surface area contributed by atoms with E-state index >= 15 is 0 Å². The lowest BCUT2D eigenvalue weighted by atomic mass is 9.85. The minimum absolute atomic E-state index is 0. The van der Waals surface area contributed by atoms with E-state index in [-0.39, 0.29) is 1.43 Å². The number of benzene rings is 1. The van der Waals surface area contributed by atoms with Crippen LogP contribution in [0.5, 0.6) is 0 Å². The maximum Gasteiger partial charge on any atom is 0.0924 e. The second-order valence-electron chi connectivity index (χ2n) is 5.97. The van der Waals surface area contributed by atoms with E-state index in [9.17, 15) is 0 Å². The number of aryl methyl sites for hydroxylation is 1. The van der Waals surface area contributed by atoms with Crippen LogP contribution in [0.1, 0.15) is 113 Å². The van der Waals surface area contributed by atoms with Crippen molar-refractivity contribution in [2.24, 2.45) is 0 Å². The number of H-pyrrole nitrogens is 1. The minimum atomic E-state index is 0. The van der Waals surface area contributed by atoms with Gasteiger partial charge in [0.15, 0.2) is 0 Å². The van der Waals surface area contributed by atoms with Crippen LogP contribution in [0.15, 0.2) is 24.7 Å². The third kappa shape index (κ3) is 12.0. The first-order valence-corrected chi connectivity index (χ1v) is 11.8. The number of hydrogen-bond acceptors (Lipinski definition) is 1. The van der Waals surface area contributed by atoms with E-state index in [4.69, 9.17) is 0 Å². The molecule has 166 valence electrons. The van der Waals surface area contributed by atoms with Crippen molar-refractivity contribution in [2.45, 2.75) is 115 Å². The van der Waals surface area contributed by atoms with Crippen LogP contribution in [0.2, 0.25) is 0 Å². The molecule has 0 saturated carbocycles. The topological polar surface area (TPSA) is 28.7 Å². The normalized spacial score (nSPS) is 10.4. The summed E-state index contributed by atoms with van der Waals surface area (Å²) in [7, 11) is 0. The summed E-state index contributed by atoms with van der Waals surface area (Å²) >= 11 is 0. The van der Waals surface area contributed by atoms with Crippen molar-refractivity contribution in [3.63, 3.8) is 0 Å². The molecule has 0 fully saturated rings. The average Bonchev–Trinajstić information content (AvgIpc) is 3.29. The Balaban J connectivity index is -0.000000206. The fourth-order valence-electron chi connectivity index (χ4n) is 2.70. The van der Waals surface area contributed by atoms with Gasteiger partial charge in [0.1, 0.15) is 0 Å². The molecular weight excluding hydrogens is 340 g/mol. The second-order valence-corrected chi connectivity index (χ2v) is 5.97. The van der Waals surface area contributed by atoms with E-state index in [1.165, 1.54) is 55.2 Å². The zero-order valence-electron chi connectivity index (χ0n) is 21.0. The van der Waals surface area contributed by atoms with Gasteiger partial charge in [-0.3, -0.25) is 0 Å². The van der Waals surface area contributed by atoms with Crippen LogP contribution in [0.3, 0.4) is 0 Å². The van der Waals surface area contributed by atoms with Crippen molar-refractivity contribution >= 4 is 0 Å². The number of nitrogens with zero attached hydrogens (tertiary/aromatic N) is 1. The third-order valence-electron chi connectivity index (χ3n) is 3.56. The molecule has 1 aliphatic rings. The lowest BCUT2D eigenvalue weighted by molar-refractivity contribution is 0.683. The molecule has 0 aliphatic heterocycles. The molecule has 0 saturated heterocycles. The van der Waals surface area contributed by atoms with E-state index in [1.54, 1.807) is 11.9 Å². The van der Waals surface area contributed by atoms with Gasteiger partial charge in [0.2, 0.25) is 0 Å². The summed E-state index contributed by atoms with van der Waals surface area (Å²) in [6.45, 7) is 22.7. The Kier molecular flexibility index (Phi) is 26.1. The Morgan fingerprint density at radius 2 is 1.29 bits per heavy atom. The number of aromatic amines is 1. The smallest absolute Gasteiger partial charge is 0.0924 e. The van der Waals surface area contributed by atoms with Crippen LogP contribution in [-0.4, -0.2) is 9.97 Å². The first kappa shape index (κ1) is 31.1. The zero-order chi connectivity index (χ0) is 22.4. The van der Waals surface area contributed by atoms with Crippen LogP contribution in [-0.2, 0) is 12.8 Å². The molecular formula is C26H52N2. The number of imidazole rings is 1. The highest BCUT2D eigenvalue weighted by molar-refractivity contribution is 5.66. The van der Waals surface area contributed by atoms with E-state index in [0.717, 1.165) is 5.69 Å². The van der Waals surface area contributed by atoms with Crippen molar-refractivity contribution in [2.75, 3.05) is 0 Å². The van der Waals surface area contributed by atoms with Crippen LogP contribution in [0.4, 0.5) is 0 Å². The highest BCUT2D eigenvalue weighted by atomic mass is 14.9. The number of rotatable bonds is 1. The van der Waals surface area contributed by atoms with Gasteiger partial charge in [-0.2, -0.15) is 0 Å². The predicted octanol–water partition coefficient (Wildman–Crippen LogP) is 9.42. The Morgan fingerprint density at radius 3 is 1.71 bits per heavy atom.